The molecule has 0 fully saturated rings. The number of para-hydroxylation sites is 1. The molecule has 3 N–H and O–H groups in total. The van der Waals surface area contributed by atoms with Gasteiger partial charge in [0.2, 0.25) is 0 Å². The molecule has 0 unspecified atom stereocenters. The first-order valence-corrected chi connectivity index (χ1v) is 13.7. The van der Waals surface area contributed by atoms with Gasteiger partial charge in [-0.25, -0.2) is 4.98 Å². The Morgan fingerprint density at radius 2 is 1.72 bits per heavy atom. The second-order valence-electron chi connectivity index (χ2n) is 9.24. The van der Waals surface area contributed by atoms with Gasteiger partial charge in [0.15, 0.2) is 0 Å². The molecule has 0 aliphatic carbocycles. The van der Waals surface area contributed by atoms with E-state index in [1.54, 1.807) is 12.1 Å². The largest absolute Gasteiger partial charge is 0.494 e. The molecule has 0 saturated heterocycles. The number of pyridine rings is 1. The third kappa shape index (κ3) is 6.16. The van der Waals surface area contributed by atoms with Gasteiger partial charge in [-0.05, 0) is 42.3 Å². The summed E-state index contributed by atoms with van der Waals surface area (Å²) in [4.78, 5) is 31.7. The zero-order valence-electron chi connectivity index (χ0n) is 21.6. The molecular formula is C32H29N3O3S. The summed E-state index contributed by atoms with van der Waals surface area (Å²) in [6.45, 7) is 2.77. The number of nitrogens with zero attached hydrogens (tertiary/aromatic N) is 1. The topological polar surface area (TPSA) is 94.3 Å². The molecule has 5 rings (SSSR count). The number of thiophene rings is 1. The number of fused-ring (bicyclic) bond motifs is 1. The second kappa shape index (κ2) is 11.9. The molecule has 7 heteroatoms. The van der Waals surface area contributed by atoms with Crippen LogP contribution in [-0.2, 0) is 6.42 Å². The van der Waals surface area contributed by atoms with Crippen molar-refractivity contribution in [3.63, 3.8) is 0 Å². The smallest absolute Gasteiger partial charge is 0.257 e. The number of unbranched alkanes of at least 4 members (excludes halogenated alkanes) is 1. The van der Waals surface area contributed by atoms with Crippen LogP contribution >= 0.6 is 11.3 Å². The summed E-state index contributed by atoms with van der Waals surface area (Å²) in [5.41, 5.74) is 9.75. The number of hydrogen-bond acceptors (Lipinski definition) is 5. The van der Waals surface area contributed by atoms with Crippen LogP contribution < -0.4 is 15.8 Å². The van der Waals surface area contributed by atoms with Crippen LogP contribution in [0.25, 0.3) is 22.2 Å². The van der Waals surface area contributed by atoms with Crippen molar-refractivity contribution in [1.29, 1.82) is 0 Å². The molecule has 39 heavy (non-hydrogen) atoms. The van der Waals surface area contributed by atoms with Gasteiger partial charge in [-0.3, -0.25) is 9.59 Å². The average Bonchev–Trinajstić information content (AvgIpc) is 3.35. The molecule has 6 nitrogen and oxygen atoms in total. The number of rotatable bonds is 10. The number of ether oxygens (including phenoxy) is 1. The minimum Gasteiger partial charge on any atom is -0.494 e. The Labute approximate surface area is 231 Å². The normalized spacial score (nSPS) is 10.9. The summed E-state index contributed by atoms with van der Waals surface area (Å²) < 4.78 is 5.88. The molecule has 0 spiro atoms. The molecule has 0 saturated carbocycles. The van der Waals surface area contributed by atoms with Crippen molar-refractivity contribution >= 4 is 39.1 Å². The first-order chi connectivity index (χ1) is 19.0. The highest BCUT2D eigenvalue weighted by atomic mass is 32.1. The number of carbonyl (C=O) groups excluding carboxylic acids is 2. The Morgan fingerprint density at radius 3 is 2.51 bits per heavy atom. The molecule has 5 aromatic rings. The molecule has 0 aliphatic heterocycles. The minimum atomic E-state index is -0.582. The molecule has 0 atom stereocenters. The lowest BCUT2D eigenvalue weighted by Gasteiger charge is -2.12. The van der Waals surface area contributed by atoms with Crippen LogP contribution in [0.1, 0.15) is 50.9 Å². The van der Waals surface area contributed by atoms with Crippen molar-refractivity contribution in [3.8, 4) is 17.0 Å². The Kier molecular flexibility index (Phi) is 7.99. The van der Waals surface area contributed by atoms with Crippen molar-refractivity contribution in [2.75, 3.05) is 11.9 Å². The number of primary amides is 1. The lowest BCUT2D eigenvalue weighted by atomic mass is 10.0. The van der Waals surface area contributed by atoms with Gasteiger partial charge in [-0.15, -0.1) is 11.3 Å². The molecule has 2 aromatic heterocycles. The molecule has 2 heterocycles. The van der Waals surface area contributed by atoms with Crippen molar-refractivity contribution in [3.05, 3.63) is 113 Å². The lowest BCUT2D eigenvalue weighted by molar-refractivity contribution is 0.100. The van der Waals surface area contributed by atoms with E-state index in [4.69, 9.17) is 15.5 Å². The lowest BCUT2D eigenvalue weighted by Crippen LogP contribution is -2.17. The van der Waals surface area contributed by atoms with Crippen LogP contribution in [0.5, 0.6) is 5.75 Å². The molecule has 3 aromatic carbocycles. The van der Waals surface area contributed by atoms with E-state index in [2.05, 4.69) is 12.2 Å². The maximum atomic E-state index is 13.7. The fourth-order valence-corrected chi connectivity index (χ4v) is 5.45. The summed E-state index contributed by atoms with van der Waals surface area (Å²) in [5, 5.41) is 4.11. The summed E-state index contributed by atoms with van der Waals surface area (Å²) >= 11 is 1.36. The standard InChI is InChI=1S/C32H29N3O3S/c1-2-3-16-38-23-13-9-12-22(18-23)29-20-26(25-14-7-8-15-28(25)34-29)31(37)35-32-27(30(33)36)19-24(39-32)17-21-10-5-4-6-11-21/h4-15,18-20H,2-3,16-17H2,1H3,(H2,33,36)(H,35,37). The van der Waals surface area contributed by atoms with Gasteiger partial charge >= 0.3 is 0 Å². The van der Waals surface area contributed by atoms with Gasteiger partial charge in [0.05, 0.1) is 28.9 Å². The number of carbonyl (C=O) groups is 2. The Balaban J connectivity index is 1.48. The number of hydrogen-bond donors (Lipinski definition) is 2. The minimum absolute atomic E-state index is 0.301. The fraction of sp³-hybridized carbons (Fsp3) is 0.156. The number of benzene rings is 3. The molecule has 0 radical (unpaired) electrons. The first-order valence-electron chi connectivity index (χ1n) is 12.9. The van der Waals surface area contributed by atoms with E-state index in [-0.39, 0.29) is 5.91 Å². The molecule has 0 aliphatic rings. The molecule has 0 bridgehead atoms. The highest BCUT2D eigenvalue weighted by Crippen LogP contribution is 2.32. The predicted octanol–water partition coefficient (Wildman–Crippen LogP) is 7.08. The van der Waals surface area contributed by atoms with E-state index in [0.717, 1.165) is 40.0 Å². The average molecular weight is 536 g/mol. The highest BCUT2D eigenvalue weighted by Gasteiger charge is 2.20. The van der Waals surface area contributed by atoms with Crippen molar-refractivity contribution in [1.82, 2.24) is 4.98 Å². The van der Waals surface area contributed by atoms with Gasteiger partial charge in [0.25, 0.3) is 11.8 Å². The quantitative estimate of drug-likeness (QED) is 0.187. The number of anilines is 1. The summed E-state index contributed by atoms with van der Waals surface area (Å²) in [6.07, 6.45) is 2.67. The molecular weight excluding hydrogens is 506 g/mol. The van der Waals surface area contributed by atoms with Crippen LogP contribution in [0.3, 0.4) is 0 Å². The Hall–Kier alpha value is -4.49. The summed E-state index contributed by atoms with van der Waals surface area (Å²) in [6, 6.07) is 28.8. The summed E-state index contributed by atoms with van der Waals surface area (Å²) in [5.74, 6) is -0.153. The number of amides is 2. The monoisotopic (exact) mass is 535 g/mol. The van der Waals surface area contributed by atoms with Crippen molar-refractivity contribution in [2.45, 2.75) is 26.2 Å². The van der Waals surface area contributed by atoms with Gasteiger partial charge in [0, 0.05) is 22.2 Å². The third-order valence-corrected chi connectivity index (χ3v) is 7.40. The van der Waals surface area contributed by atoms with E-state index in [1.807, 2.05) is 78.9 Å². The third-order valence-electron chi connectivity index (χ3n) is 6.35. The molecule has 196 valence electrons. The van der Waals surface area contributed by atoms with Gasteiger partial charge < -0.3 is 15.8 Å². The number of aromatic nitrogens is 1. The van der Waals surface area contributed by atoms with Crippen LogP contribution in [0.15, 0.2) is 91.0 Å². The zero-order chi connectivity index (χ0) is 27.2. The maximum absolute atomic E-state index is 13.7. The van der Waals surface area contributed by atoms with E-state index < -0.39 is 5.91 Å². The van der Waals surface area contributed by atoms with Crippen molar-refractivity contribution in [2.24, 2.45) is 5.73 Å². The van der Waals surface area contributed by atoms with Gasteiger partial charge in [-0.2, -0.15) is 0 Å². The van der Waals surface area contributed by atoms with Crippen LogP contribution in [0.2, 0.25) is 0 Å². The van der Waals surface area contributed by atoms with Gasteiger partial charge in [-0.1, -0.05) is 74.0 Å². The predicted molar refractivity (Wildman–Crippen MR) is 158 cm³/mol. The van der Waals surface area contributed by atoms with E-state index in [9.17, 15) is 9.59 Å². The highest BCUT2D eigenvalue weighted by molar-refractivity contribution is 7.16. The van der Waals surface area contributed by atoms with Crippen LogP contribution in [0.4, 0.5) is 5.00 Å². The first kappa shape index (κ1) is 26.1. The van der Waals surface area contributed by atoms with E-state index in [0.29, 0.717) is 40.4 Å². The second-order valence-corrected chi connectivity index (χ2v) is 10.4. The van der Waals surface area contributed by atoms with Gasteiger partial charge in [0.1, 0.15) is 10.8 Å². The van der Waals surface area contributed by atoms with Crippen LogP contribution in [-0.4, -0.2) is 23.4 Å². The SMILES string of the molecule is CCCCOc1cccc(-c2cc(C(=O)Nc3sc(Cc4ccccc4)cc3C(N)=O)c3ccccc3n2)c1. The van der Waals surface area contributed by atoms with E-state index >= 15 is 0 Å². The number of nitrogens with two attached hydrogens (primary N) is 1. The molecule has 2 amide bonds. The Morgan fingerprint density at radius 1 is 0.923 bits per heavy atom. The fourth-order valence-electron chi connectivity index (χ4n) is 4.36. The van der Waals surface area contributed by atoms with Crippen molar-refractivity contribution < 1.29 is 14.3 Å². The maximum Gasteiger partial charge on any atom is 0.257 e. The number of nitrogens with one attached hydrogen (secondary N) is 1. The van der Waals surface area contributed by atoms with Crippen LogP contribution in [0, 0.1) is 0 Å². The Bertz CT molecular complexity index is 1630. The van der Waals surface area contributed by atoms with E-state index in [1.165, 1.54) is 11.3 Å². The zero-order valence-corrected chi connectivity index (χ0v) is 22.5. The summed E-state index contributed by atoms with van der Waals surface area (Å²) in [7, 11) is 0.